The van der Waals surface area contributed by atoms with E-state index in [4.69, 9.17) is 28.3 Å². The molecule has 4 rings (SSSR count). The van der Waals surface area contributed by atoms with Crippen molar-refractivity contribution in [2.75, 3.05) is 5.32 Å². The second kappa shape index (κ2) is 7.50. The van der Waals surface area contributed by atoms with Crippen LogP contribution in [0.15, 0.2) is 36.5 Å². The molecule has 2 aromatic heterocycles. The Morgan fingerprint density at radius 3 is 2.62 bits per heavy atom. The van der Waals surface area contributed by atoms with Crippen LogP contribution >= 0.6 is 23.2 Å². The number of hydrogen-bond donors (Lipinski definition) is 1. The molecule has 1 N–H and O–H groups in total. The highest BCUT2D eigenvalue weighted by Crippen LogP contribution is 2.40. The molecule has 0 spiro atoms. The van der Waals surface area contributed by atoms with Crippen molar-refractivity contribution in [1.82, 2.24) is 19.6 Å². The van der Waals surface area contributed by atoms with Gasteiger partial charge in [-0.05, 0) is 57.4 Å². The molecule has 0 unspecified atom stereocenters. The number of aromatic nitrogens is 4. The molecule has 8 heteroatoms. The van der Waals surface area contributed by atoms with Gasteiger partial charge in [0.05, 0.1) is 24.0 Å². The third-order valence-corrected chi connectivity index (χ3v) is 5.47. The van der Waals surface area contributed by atoms with Gasteiger partial charge < -0.3 is 5.32 Å². The van der Waals surface area contributed by atoms with Crippen LogP contribution in [0, 0.1) is 0 Å². The Bertz CT molecular complexity index is 1060. The molecule has 0 saturated heterocycles. The minimum Gasteiger partial charge on any atom is -0.305 e. The maximum absolute atomic E-state index is 13.1. The summed E-state index contributed by atoms with van der Waals surface area (Å²) < 4.78 is 3.51. The quantitative estimate of drug-likeness (QED) is 0.594. The second-order valence-corrected chi connectivity index (χ2v) is 9.22. The Labute approximate surface area is 179 Å². The molecule has 6 nitrogen and oxygen atoms in total. The molecule has 1 fully saturated rings. The number of rotatable bonds is 5. The fraction of sp³-hybridized carbons (Fsp3) is 0.381. The van der Waals surface area contributed by atoms with Crippen LogP contribution in [-0.2, 0) is 12.1 Å². The Morgan fingerprint density at radius 1 is 1.21 bits per heavy atom. The van der Waals surface area contributed by atoms with E-state index < -0.39 is 0 Å². The lowest BCUT2D eigenvalue weighted by atomic mass is 10.1. The number of carbonyl (C=O) groups excluding carboxylic acids is 1. The van der Waals surface area contributed by atoms with Crippen molar-refractivity contribution in [3.8, 4) is 0 Å². The van der Waals surface area contributed by atoms with Crippen LogP contribution in [0.2, 0.25) is 10.0 Å². The van der Waals surface area contributed by atoms with Gasteiger partial charge in [-0.25, -0.2) is 4.68 Å². The topological polar surface area (TPSA) is 64.7 Å². The van der Waals surface area contributed by atoms with E-state index >= 15 is 0 Å². The van der Waals surface area contributed by atoms with Gasteiger partial charge in [0, 0.05) is 22.0 Å². The van der Waals surface area contributed by atoms with Crippen LogP contribution in [0.5, 0.6) is 0 Å². The predicted molar refractivity (Wildman–Crippen MR) is 115 cm³/mol. The Morgan fingerprint density at radius 2 is 1.97 bits per heavy atom. The maximum Gasteiger partial charge on any atom is 0.275 e. The summed E-state index contributed by atoms with van der Waals surface area (Å²) in [5.74, 6) is 0.863. The highest BCUT2D eigenvalue weighted by Gasteiger charge is 2.31. The molecule has 0 atom stereocenters. The smallest absolute Gasteiger partial charge is 0.275 e. The summed E-state index contributed by atoms with van der Waals surface area (Å²) in [6.07, 6.45) is 3.92. The monoisotopic (exact) mass is 431 g/mol. The zero-order valence-corrected chi connectivity index (χ0v) is 18.1. The van der Waals surface area contributed by atoms with Crippen LogP contribution in [0.3, 0.4) is 0 Å². The van der Waals surface area contributed by atoms with Crippen molar-refractivity contribution in [3.05, 3.63) is 63.5 Å². The standard InChI is InChI=1S/C21H23Cl2N5O/c1-21(2,3)28-18(11-17(26-28)13-4-5-13)20(29)25-19-8-9-24-27(19)12-14-6-7-15(22)10-16(14)23/h6-11,13H,4-5,12H2,1-3H3,(H,25,29). The molecule has 2 heterocycles. The molecule has 1 aromatic carbocycles. The fourth-order valence-corrected chi connectivity index (χ4v) is 3.68. The van der Waals surface area contributed by atoms with E-state index in [1.54, 1.807) is 29.1 Å². The summed E-state index contributed by atoms with van der Waals surface area (Å²) in [5, 5.41) is 13.1. The molecule has 1 amide bonds. The van der Waals surface area contributed by atoms with Crippen LogP contribution in [0.25, 0.3) is 0 Å². The van der Waals surface area contributed by atoms with Crippen molar-refractivity contribution in [1.29, 1.82) is 0 Å². The first-order valence-electron chi connectivity index (χ1n) is 9.60. The highest BCUT2D eigenvalue weighted by atomic mass is 35.5. The minimum absolute atomic E-state index is 0.205. The van der Waals surface area contributed by atoms with Crippen LogP contribution in [-0.4, -0.2) is 25.5 Å². The third-order valence-electron chi connectivity index (χ3n) is 4.89. The van der Waals surface area contributed by atoms with E-state index in [1.165, 1.54) is 0 Å². The lowest BCUT2D eigenvalue weighted by Gasteiger charge is -2.22. The second-order valence-electron chi connectivity index (χ2n) is 8.38. The SMILES string of the molecule is CC(C)(C)n1nc(C2CC2)cc1C(=O)Nc1ccnn1Cc1ccc(Cl)cc1Cl. The first-order chi connectivity index (χ1) is 13.7. The summed E-state index contributed by atoms with van der Waals surface area (Å²) in [6, 6.07) is 9.01. The lowest BCUT2D eigenvalue weighted by Crippen LogP contribution is -2.29. The van der Waals surface area contributed by atoms with Gasteiger partial charge in [-0.1, -0.05) is 29.3 Å². The van der Waals surface area contributed by atoms with E-state index in [9.17, 15) is 4.79 Å². The summed E-state index contributed by atoms with van der Waals surface area (Å²) in [4.78, 5) is 13.1. The van der Waals surface area contributed by atoms with Gasteiger partial charge in [0.25, 0.3) is 5.91 Å². The van der Waals surface area contributed by atoms with E-state index in [-0.39, 0.29) is 11.4 Å². The normalized spacial score (nSPS) is 14.2. The van der Waals surface area contributed by atoms with Crippen LogP contribution in [0.4, 0.5) is 5.82 Å². The van der Waals surface area contributed by atoms with E-state index in [1.807, 2.05) is 37.6 Å². The number of amides is 1. The van der Waals surface area contributed by atoms with Gasteiger partial charge in [0.2, 0.25) is 0 Å². The molecule has 1 aliphatic rings. The Balaban J connectivity index is 1.58. The van der Waals surface area contributed by atoms with Gasteiger partial charge in [0.1, 0.15) is 11.5 Å². The number of anilines is 1. The predicted octanol–water partition coefficient (Wildman–Crippen LogP) is 5.32. The number of halogens is 2. The third kappa shape index (κ3) is 4.33. The summed E-state index contributed by atoms with van der Waals surface area (Å²) >= 11 is 12.3. The number of nitrogens with zero attached hydrogens (tertiary/aromatic N) is 4. The van der Waals surface area contributed by atoms with Crippen molar-refractivity contribution in [2.45, 2.75) is 51.6 Å². The lowest BCUT2D eigenvalue weighted by molar-refractivity contribution is 0.100. The van der Waals surface area contributed by atoms with Crippen LogP contribution in [0.1, 0.15) is 61.3 Å². The molecule has 29 heavy (non-hydrogen) atoms. The van der Waals surface area contributed by atoms with Crippen LogP contribution < -0.4 is 5.32 Å². The zero-order chi connectivity index (χ0) is 20.8. The molecule has 1 aliphatic carbocycles. The number of nitrogens with one attached hydrogen (secondary N) is 1. The minimum atomic E-state index is -0.295. The molecule has 0 aliphatic heterocycles. The number of carbonyl (C=O) groups is 1. The molecule has 1 saturated carbocycles. The molecule has 0 radical (unpaired) electrons. The highest BCUT2D eigenvalue weighted by molar-refractivity contribution is 6.35. The number of benzene rings is 1. The molecular weight excluding hydrogens is 409 g/mol. The largest absolute Gasteiger partial charge is 0.305 e. The summed E-state index contributed by atoms with van der Waals surface area (Å²) in [7, 11) is 0. The van der Waals surface area contributed by atoms with Gasteiger partial charge in [-0.2, -0.15) is 10.2 Å². The maximum atomic E-state index is 13.1. The molecule has 0 bridgehead atoms. The van der Waals surface area contributed by atoms with E-state index in [0.29, 0.717) is 34.0 Å². The first-order valence-corrected chi connectivity index (χ1v) is 10.4. The van der Waals surface area contributed by atoms with Crippen molar-refractivity contribution in [2.24, 2.45) is 0 Å². The fourth-order valence-electron chi connectivity index (χ4n) is 3.21. The average Bonchev–Trinajstić information content (AvgIpc) is 3.22. The van der Waals surface area contributed by atoms with Gasteiger partial charge >= 0.3 is 0 Å². The number of hydrogen-bond acceptors (Lipinski definition) is 3. The van der Waals surface area contributed by atoms with Gasteiger partial charge in [0.15, 0.2) is 0 Å². The molecule has 152 valence electrons. The average molecular weight is 432 g/mol. The first kappa shape index (κ1) is 20.0. The van der Waals surface area contributed by atoms with E-state index in [0.717, 1.165) is 24.1 Å². The van der Waals surface area contributed by atoms with E-state index in [2.05, 4.69) is 10.4 Å². The molecular formula is C21H23Cl2N5O. The Kier molecular flexibility index (Phi) is 5.17. The Hall–Kier alpha value is -2.31. The van der Waals surface area contributed by atoms with Crippen molar-refractivity contribution in [3.63, 3.8) is 0 Å². The summed E-state index contributed by atoms with van der Waals surface area (Å²) in [6.45, 7) is 6.55. The van der Waals surface area contributed by atoms with Gasteiger partial charge in [-0.3, -0.25) is 9.48 Å². The van der Waals surface area contributed by atoms with Crippen molar-refractivity contribution >= 4 is 34.9 Å². The zero-order valence-electron chi connectivity index (χ0n) is 16.6. The van der Waals surface area contributed by atoms with Crippen molar-refractivity contribution < 1.29 is 4.79 Å². The van der Waals surface area contributed by atoms with Gasteiger partial charge in [-0.15, -0.1) is 0 Å². The molecule has 3 aromatic rings. The summed E-state index contributed by atoms with van der Waals surface area (Å²) in [5.41, 5.74) is 2.12.